The average Bonchev–Trinajstić information content (AvgIpc) is 2.86. The number of benzene rings is 4. The minimum Gasteiger partial charge on any atom is -0.506 e. The van der Waals surface area contributed by atoms with E-state index in [0.29, 0.717) is 26.9 Å². The Hall–Kier alpha value is -3.96. The van der Waals surface area contributed by atoms with Gasteiger partial charge in [-0.05, 0) is 75.4 Å². The fourth-order valence-corrected chi connectivity index (χ4v) is 4.37. The van der Waals surface area contributed by atoms with E-state index in [9.17, 15) is 9.90 Å². The fourth-order valence-electron chi connectivity index (χ4n) is 3.85. The SMILES string of the molecule is O=c1oc2ccccc2cc1-c1ccc(N=Cc2cc(Cc3ccccc3)cc(Br)c2O)cc1. The third-order valence-electron chi connectivity index (χ3n) is 5.58. The van der Waals surface area contributed by atoms with Crippen LogP contribution in [0.3, 0.4) is 0 Å². The number of halogens is 1. The zero-order chi connectivity index (χ0) is 23.5. The van der Waals surface area contributed by atoms with Crippen LogP contribution in [0.5, 0.6) is 5.75 Å². The molecule has 0 amide bonds. The molecule has 0 fully saturated rings. The van der Waals surface area contributed by atoms with Crippen molar-refractivity contribution in [2.75, 3.05) is 0 Å². The van der Waals surface area contributed by atoms with Gasteiger partial charge in [-0.15, -0.1) is 0 Å². The van der Waals surface area contributed by atoms with Crippen LogP contribution in [0, 0.1) is 0 Å². The molecule has 0 atom stereocenters. The third-order valence-corrected chi connectivity index (χ3v) is 6.18. The highest BCUT2D eigenvalue weighted by Gasteiger charge is 2.09. The number of hydrogen-bond acceptors (Lipinski definition) is 4. The maximum absolute atomic E-state index is 12.4. The molecule has 1 aromatic heterocycles. The smallest absolute Gasteiger partial charge is 0.344 e. The zero-order valence-corrected chi connectivity index (χ0v) is 19.7. The molecule has 0 saturated heterocycles. The highest BCUT2D eigenvalue weighted by molar-refractivity contribution is 9.10. The number of hydrogen-bond donors (Lipinski definition) is 1. The molecule has 4 aromatic carbocycles. The average molecular weight is 510 g/mol. The summed E-state index contributed by atoms with van der Waals surface area (Å²) in [6.07, 6.45) is 2.40. The van der Waals surface area contributed by atoms with Crippen molar-refractivity contribution in [2.24, 2.45) is 4.99 Å². The standard InChI is InChI=1S/C29H20BrNO3/c30-26-16-20(14-19-6-2-1-3-7-19)15-23(28(26)32)18-31-24-12-10-21(11-13-24)25-17-22-8-4-5-9-27(22)34-29(25)33/h1-13,15-18,32H,14H2. The van der Waals surface area contributed by atoms with Gasteiger partial charge in [0.25, 0.3) is 0 Å². The molecule has 0 aliphatic rings. The summed E-state index contributed by atoms with van der Waals surface area (Å²) in [6.45, 7) is 0. The summed E-state index contributed by atoms with van der Waals surface area (Å²) >= 11 is 3.45. The van der Waals surface area contributed by atoms with Gasteiger partial charge in [0.2, 0.25) is 0 Å². The molecule has 0 unspecified atom stereocenters. The van der Waals surface area contributed by atoms with E-state index in [2.05, 4.69) is 33.1 Å². The van der Waals surface area contributed by atoms with Crippen LogP contribution in [-0.2, 0) is 6.42 Å². The quantitative estimate of drug-likeness (QED) is 0.200. The molecule has 0 saturated carbocycles. The van der Waals surface area contributed by atoms with Crippen molar-refractivity contribution in [2.45, 2.75) is 6.42 Å². The topological polar surface area (TPSA) is 62.8 Å². The van der Waals surface area contributed by atoms with E-state index in [1.54, 1.807) is 12.3 Å². The first-order chi connectivity index (χ1) is 16.6. The Bertz CT molecular complexity index is 1560. The van der Waals surface area contributed by atoms with E-state index >= 15 is 0 Å². The van der Waals surface area contributed by atoms with Gasteiger partial charge in [0.05, 0.1) is 15.7 Å². The van der Waals surface area contributed by atoms with Crippen molar-refractivity contribution in [3.63, 3.8) is 0 Å². The Kier molecular flexibility index (Phi) is 6.11. The van der Waals surface area contributed by atoms with Crippen LogP contribution in [0.1, 0.15) is 16.7 Å². The summed E-state index contributed by atoms with van der Waals surface area (Å²) in [6, 6.07) is 30.7. The van der Waals surface area contributed by atoms with Crippen molar-refractivity contribution < 1.29 is 9.52 Å². The number of rotatable bonds is 5. The van der Waals surface area contributed by atoms with Gasteiger partial charge in [0.15, 0.2) is 0 Å². The van der Waals surface area contributed by atoms with E-state index in [-0.39, 0.29) is 11.4 Å². The number of phenols is 1. The lowest BCUT2D eigenvalue weighted by molar-refractivity contribution is 0.471. The molecule has 0 aliphatic carbocycles. The van der Waals surface area contributed by atoms with Crippen molar-refractivity contribution in [3.8, 4) is 16.9 Å². The lowest BCUT2D eigenvalue weighted by Crippen LogP contribution is -2.02. The maximum atomic E-state index is 12.4. The number of aromatic hydroxyl groups is 1. The van der Waals surface area contributed by atoms with E-state index in [1.807, 2.05) is 78.9 Å². The maximum Gasteiger partial charge on any atom is 0.344 e. The van der Waals surface area contributed by atoms with Crippen LogP contribution in [-0.4, -0.2) is 11.3 Å². The van der Waals surface area contributed by atoms with Crippen molar-refractivity contribution in [1.29, 1.82) is 0 Å². The van der Waals surface area contributed by atoms with Gasteiger partial charge >= 0.3 is 5.63 Å². The second kappa shape index (κ2) is 9.49. The largest absolute Gasteiger partial charge is 0.506 e. The highest BCUT2D eigenvalue weighted by atomic mass is 79.9. The first kappa shape index (κ1) is 21.9. The Balaban J connectivity index is 1.40. The lowest BCUT2D eigenvalue weighted by Gasteiger charge is -2.08. The van der Waals surface area contributed by atoms with Crippen molar-refractivity contribution in [1.82, 2.24) is 0 Å². The first-order valence-electron chi connectivity index (χ1n) is 10.8. The predicted octanol–water partition coefficient (Wildman–Crippen LogP) is 7.27. The summed E-state index contributed by atoms with van der Waals surface area (Å²) in [5.41, 5.74) is 5.04. The molecule has 1 heterocycles. The second-order valence-corrected chi connectivity index (χ2v) is 8.82. The van der Waals surface area contributed by atoms with Gasteiger partial charge < -0.3 is 9.52 Å². The minimum absolute atomic E-state index is 0.144. The van der Waals surface area contributed by atoms with Crippen molar-refractivity contribution in [3.05, 3.63) is 129 Å². The number of nitrogens with zero attached hydrogens (tertiary/aromatic N) is 1. The van der Waals surface area contributed by atoms with E-state index in [0.717, 1.165) is 22.9 Å². The molecule has 1 N–H and O–H groups in total. The van der Waals surface area contributed by atoms with Gasteiger partial charge in [-0.3, -0.25) is 4.99 Å². The highest BCUT2D eigenvalue weighted by Crippen LogP contribution is 2.30. The molecule has 5 heteroatoms. The number of aliphatic imine (C=N–C) groups is 1. The molecule has 166 valence electrons. The molecule has 4 nitrogen and oxygen atoms in total. The van der Waals surface area contributed by atoms with Crippen molar-refractivity contribution >= 4 is 38.8 Å². The predicted molar refractivity (Wildman–Crippen MR) is 140 cm³/mol. The van der Waals surface area contributed by atoms with Gasteiger partial charge in [-0.25, -0.2) is 4.79 Å². The minimum atomic E-state index is -0.375. The lowest BCUT2D eigenvalue weighted by atomic mass is 10.0. The Morgan fingerprint density at radius 2 is 1.59 bits per heavy atom. The molecule has 34 heavy (non-hydrogen) atoms. The van der Waals surface area contributed by atoms with Gasteiger partial charge in [-0.1, -0.05) is 60.7 Å². The molecular weight excluding hydrogens is 490 g/mol. The van der Waals surface area contributed by atoms with E-state index < -0.39 is 0 Å². The molecule has 0 spiro atoms. The van der Waals surface area contributed by atoms with Gasteiger partial charge in [-0.2, -0.15) is 0 Å². The first-order valence-corrected chi connectivity index (χ1v) is 11.6. The molecular formula is C29H20BrNO3. The third kappa shape index (κ3) is 4.70. The fraction of sp³-hybridized carbons (Fsp3) is 0.0345. The molecule has 0 radical (unpaired) electrons. The van der Waals surface area contributed by atoms with Crippen LogP contribution >= 0.6 is 15.9 Å². The second-order valence-electron chi connectivity index (χ2n) is 7.97. The number of phenolic OH excluding ortho intramolecular Hbond substituents is 1. The zero-order valence-electron chi connectivity index (χ0n) is 18.1. The van der Waals surface area contributed by atoms with Crippen LogP contribution in [0.25, 0.3) is 22.1 Å². The molecule has 0 aliphatic heterocycles. The van der Waals surface area contributed by atoms with Crippen LogP contribution in [0.15, 0.2) is 116 Å². The summed E-state index contributed by atoms with van der Waals surface area (Å²) in [7, 11) is 0. The monoisotopic (exact) mass is 509 g/mol. The summed E-state index contributed by atoms with van der Waals surface area (Å²) < 4.78 is 6.07. The Morgan fingerprint density at radius 1 is 0.853 bits per heavy atom. The van der Waals surface area contributed by atoms with Gasteiger partial charge in [0.1, 0.15) is 11.3 Å². The summed E-state index contributed by atoms with van der Waals surface area (Å²) in [5.74, 6) is 0.144. The van der Waals surface area contributed by atoms with E-state index in [4.69, 9.17) is 4.42 Å². The van der Waals surface area contributed by atoms with Crippen LogP contribution < -0.4 is 5.63 Å². The molecule has 0 bridgehead atoms. The summed E-state index contributed by atoms with van der Waals surface area (Å²) in [5, 5.41) is 11.4. The van der Waals surface area contributed by atoms with Gasteiger partial charge in [0, 0.05) is 17.2 Å². The Morgan fingerprint density at radius 3 is 2.38 bits per heavy atom. The molecule has 5 aromatic rings. The number of para-hydroxylation sites is 1. The molecule has 5 rings (SSSR count). The Labute approximate surface area is 205 Å². The van der Waals surface area contributed by atoms with E-state index in [1.165, 1.54) is 5.56 Å². The summed E-state index contributed by atoms with van der Waals surface area (Å²) in [4.78, 5) is 17.0. The normalized spacial score (nSPS) is 11.3. The number of fused-ring (bicyclic) bond motifs is 1. The van der Waals surface area contributed by atoms with Crippen LogP contribution in [0.2, 0.25) is 0 Å². The van der Waals surface area contributed by atoms with Crippen LogP contribution in [0.4, 0.5) is 5.69 Å².